The highest BCUT2D eigenvalue weighted by Crippen LogP contribution is 2.44. The molecule has 3 heterocycles. The second-order valence-corrected chi connectivity index (χ2v) is 6.72. The average Bonchev–Trinajstić information content (AvgIpc) is 3.12. The zero-order valence-electron chi connectivity index (χ0n) is 12.6. The molecule has 3 fully saturated rings. The molecule has 5 nitrogen and oxygen atoms in total. The molecule has 1 aromatic rings. The first-order valence-corrected chi connectivity index (χ1v) is 8.07. The summed E-state index contributed by atoms with van der Waals surface area (Å²) in [6, 6.07) is 0. The number of ether oxygens (including phenoxy) is 1. The number of likely N-dealkylation sites (tertiary alicyclic amines) is 1. The van der Waals surface area contributed by atoms with Gasteiger partial charge in [-0.1, -0.05) is 5.16 Å². The molecule has 2 saturated heterocycles. The summed E-state index contributed by atoms with van der Waals surface area (Å²) in [4.78, 5) is 15.2. The highest BCUT2D eigenvalue weighted by Gasteiger charge is 2.46. The number of rotatable bonds is 2. The maximum atomic E-state index is 13.2. The molecular formula is C16H22N2O3. The van der Waals surface area contributed by atoms with Crippen molar-refractivity contribution in [2.24, 2.45) is 0 Å². The second kappa shape index (κ2) is 4.83. The van der Waals surface area contributed by atoms with Crippen LogP contribution in [0.2, 0.25) is 0 Å². The number of amides is 1. The molecule has 3 aliphatic rings. The molecule has 0 bridgehead atoms. The highest BCUT2D eigenvalue weighted by atomic mass is 16.5. The van der Waals surface area contributed by atoms with Crippen molar-refractivity contribution in [1.29, 1.82) is 0 Å². The van der Waals surface area contributed by atoms with Crippen LogP contribution >= 0.6 is 0 Å². The van der Waals surface area contributed by atoms with Crippen LogP contribution in [0.3, 0.4) is 0 Å². The lowest BCUT2D eigenvalue weighted by atomic mass is 9.85. The summed E-state index contributed by atoms with van der Waals surface area (Å²) in [5.74, 6) is 1.34. The van der Waals surface area contributed by atoms with E-state index in [1.165, 1.54) is 6.42 Å². The van der Waals surface area contributed by atoms with Crippen molar-refractivity contribution in [3.05, 3.63) is 17.0 Å². The number of aryl methyl sites for hydroxylation is 1. The van der Waals surface area contributed by atoms with Gasteiger partial charge in [-0.05, 0) is 45.4 Å². The van der Waals surface area contributed by atoms with Crippen molar-refractivity contribution in [1.82, 2.24) is 10.1 Å². The lowest BCUT2D eigenvalue weighted by Crippen LogP contribution is -2.55. The Morgan fingerprint density at radius 3 is 2.90 bits per heavy atom. The number of piperidine rings is 1. The van der Waals surface area contributed by atoms with Crippen LogP contribution in [0.25, 0.3) is 0 Å². The van der Waals surface area contributed by atoms with E-state index < -0.39 is 0 Å². The lowest BCUT2D eigenvalue weighted by Gasteiger charge is -2.44. The molecule has 2 aliphatic heterocycles. The van der Waals surface area contributed by atoms with Gasteiger partial charge >= 0.3 is 0 Å². The number of aromatic nitrogens is 1. The van der Waals surface area contributed by atoms with Crippen LogP contribution in [0, 0.1) is 6.92 Å². The van der Waals surface area contributed by atoms with Crippen LogP contribution in [0.1, 0.15) is 66.3 Å². The van der Waals surface area contributed by atoms with Gasteiger partial charge in [0, 0.05) is 19.1 Å². The normalized spacial score (nSPS) is 29.3. The number of hydrogen-bond acceptors (Lipinski definition) is 4. The Hall–Kier alpha value is -1.36. The summed E-state index contributed by atoms with van der Waals surface area (Å²) in [6.45, 7) is 4.16. The summed E-state index contributed by atoms with van der Waals surface area (Å²) in [5.41, 5.74) is 1.38. The van der Waals surface area contributed by atoms with Crippen LogP contribution in [-0.4, -0.2) is 41.3 Å². The molecule has 1 amide bonds. The molecule has 1 saturated carbocycles. The predicted octanol–water partition coefficient (Wildman–Crippen LogP) is 2.65. The summed E-state index contributed by atoms with van der Waals surface area (Å²) in [7, 11) is 0. The largest absolute Gasteiger partial charge is 0.379 e. The van der Waals surface area contributed by atoms with Gasteiger partial charge in [-0.2, -0.15) is 0 Å². The van der Waals surface area contributed by atoms with Crippen molar-refractivity contribution in [3.8, 4) is 0 Å². The molecule has 5 heteroatoms. The molecule has 0 radical (unpaired) electrons. The van der Waals surface area contributed by atoms with E-state index in [4.69, 9.17) is 9.26 Å². The number of nitrogens with zero attached hydrogens (tertiary/aromatic N) is 2. The molecule has 1 aliphatic carbocycles. The van der Waals surface area contributed by atoms with E-state index in [-0.39, 0.29) is 11.4 Å². The Labute approximate surface area is 124 Å². The fourth-order valence-corrected chi connectivity index (χ4v) is 3.83. The van der Waals surface area contributed by atoms with Gasteiger partial charge in [-0.15, -0.1) is 0 Å². The topological polar surface area (TPSA) is 55.6 Å². The first kappa shape index (κ1) is 13.3. The van der Waals surface area contributed by atoms with E-state index in [1.807, 2.05) is 6.92 Å². The van der Waals surface area contributed by atoms with E-state index in [1.54, 1.807) is 0 Å². The molecule has 0 unspecified atom stereocenters. The van der Waals surface area contributed by atoms with E-state index in [0.717, 1.165) is 62.3 Å². The van der Waals surface area contributed by atoms with Gasteiger partial charge < -0.3 is 14.2 Å². The van der Waals surface area contributed by atoms with Gasteiger partial charge in [-0.25, -0.2) is 0 Å². The molecular weight excluding hydrogens is 268 g/mol. The van der Waals surface area contributed by atoms with E-state index in [9.17, 15) is 4.79 Å². The number of carbonyl (C=O) groups is 1. The Morgan fingerprint density at radius 2 is 2.19 bits per heavy atom. The summed E-state index contributed by atoms with van der Waals surface area (Å²) in [5, 5.41) is 4.06. The van der Waals surface area contributed by atoms with Gasteiger partial charge in [-0.3, -0.25) is 4.79 Å². The van der Waals surface area contributed by atoms with Gasteiger partial charge in [0.15, 0.2) is 5.76 Å². The highest BCUT2D eigenvalue weighted by molar-refractivity contribution is 5.97. The first-order valence-electron chi connectivity index (χ1n) is 8.07. The predicted molar refractivity (Wildman–Crippen MR) is 76.3 cm³/mol. The van der Waals surface area contributed by atoms with E-state index in [2.05, 4.69) is 10.1 Å². The lowest BCUT2D eigenvalue weighted by molar-refractivity contribution is 0.0253. The fraction of sp³-hybridized carbons (Fsp3) is 0.750. The Kier molecular flexibility index (Phi) is 3.06. The minimum Gasteiger partial charge on any atom is -0.379 e. The number of hydrogen-bond donors (Lipinski definition) is 0. The van der Waals surface area contributed by atoms with E-state index in [0.29, 0.717) is 12.5 Å². The standard InChI is InChI=1S/C16H22N2O3/c1-11-13(14(21-17-11)12-4-5-12)15(19)18-8-3-2-6-16(18)7-9-20-10-16/h12H,2-10H2,1H3/t16-/m0/s1. The van der Waals surface area contributed by atoms with Crippen molar-refractivity contribution < 1.29 is 14.1 Å². The first-order chi connectivity index (χ1) is 10.2. The van der Waals surface area contributed by atoms with Crippen molar-refractivity contribution in [2.45, 2.75) is 56.9 Å². The molecule has 21 heavy (non-hydrogen) atoms. The van der Waals surface area contributed by atoms with Gasteiger partial charge in [0.2, 0.25) is 0 Å². The summed E-state index contributed by atoms with van der Waals surface area (Å²) < 4.78 is 11.1. The smallest absolute Gasteiger partial charge is 0.259 e. The van der Waals surface area contributed by atoms with Crippen LogP contribution in [0.15, 0.2) is 4.52 Å². The molecule has 114 valence electrons. The van der Waals surface area contributed by atoms with E-state index >= 15 is 0 Å². The van der Waals surface area contributed by atoms with Crippen LogP contribution in [0.4, 0.5) is 0 Å². The molecule has 0 N–H and O–H groups in total. The maximum Gasteiger partial charge on any atom is 0.259 e. The zero-order valence-corrected chi connectivity index (χ0v) is 12.6. The van der Waals surface area contributed by atoms with Crippen LogP contribution in [0.5, 0.6) is 0 Å². The second-order valence-electron chi connectivity index (χ2n) is 6.72. The third kappa shape index (κ3) is 2.09. The number of carbonyl (C=O) groups excluding carboxylic acids is 1. The molecule has 1 atom stereocenters. The quantitative estimate of drug-likeness (QED) is 0.840. The molecule has 1 spiro atoms. The average molecular weight is 290 g/mol. The van der Waals surface area contributed by atoms with Gasteiger partial charge in [0.05, 0.1) is 17.8 Å². The van der Waals surface area contributed by atoms with Gasteiger partial charge in [0.25, 0.3) is 5.91 Å². The monoisotopic (exact) mass is 290 g/mol. The van der Waals surface area contributed by atoms with Crippen molar-refractivity contribution in [2.75, 3.05) is 19.8 Å². The summed E-state index contributed by atoms with van der Waals surface area (Å²) in [6.07, 6.45) is 6.51. The third-order valence-corrected chi connectivity index (χ3v) is 5.23. The fourth-order valence-electron chi connectivity index (χ4n) is 3.83. The SMILES string of the molecule is Cc1noc(C2CC2)c1C(=O)N1CCCC[C@@]12CCOC2. The summed E-state index contributed by atoms with van der Waals surface area (Å²) >= 11 is 0. The van der Waals surface area contributed by atoms with Gasteiger partial charge in [0.1, 0.15) is 5.56 Å². The van der Waals surface area contributed by atoms with Crippen molar-refractivity contribution >= 4 is 5.91 Å². The maximum absolute atomic E-state index is 13.2. The Morgan fingerprint density at radius 1 is 1.33 bits per heavy atom. The Bertz CT molecular complexity index is 556. The minimum atomic E-state index is -0.0835. The molecule has 0 aromatic carbocycles. The van der Waals surface area contributed by atoms with Crippen LogP contribution < -0.4 is 0 Å². The van der Waals surface area contributed by atoms with Crippen molar-refractivity contribution in [3.63, 3.8) is 0 Å². The molecule has 1 aromatic heterocycles. The zero-order chi connectivity index (χ0) is 14.4. The third-order valence-electron chi connectivity index (χ3n) is 5.23. The minimum absolute atomic E-state index is 0.0835. The Balaban J connectivity index is 1.68. The van der Waals surface area contributed by atoms with Crippen LogP contribution in [-0.2, 0) is 4.74 Å². The molecule has 4 rings (SSSR count).